The molecule has 0 aliphatic rings. The number of carbonyl (C=O) groups excluding carboxylic acids is 1. The number of rotatable bonds is 3. The Hall–Kier alpha value is -2.29. The average Bonchev–Trinajstić information content (AvgIpc) is 2.37. The van der Waals surface area contributed by atoms with Crippen LogP contribution in [0.15, 0.2) is 42.5 Å². The Morgan fingerprint density at radius 3 is 2.47 bits per heavy atom. The number of amides is 1. The number of carbonyl (C=O) groups is 1. The molecule has 2 aromatic rings. The van der Waals surface area contributed by atoms with Crippen molar-refractivity contribution in [1.82, 2.24) is 0 Å². The zero-order valence-corrected chi connectivity index (χ0v) is 11.2. The van der Waals surface area contributed by atoms with E-state index < -0.39 is 0 Å². The molecule has 0 fully saturated rings. The molecule has 2 rings (SSSR count). The molecule has 0 spiro atoms. The van der Waals surface area contributed by atoms with Crippen molar-refractivity contribution in [1.29, 1.82) is 0 Å². The van der Waals surface area contributed by atoms with Crippen molar-refractivity contribution in [2.45, 2.75) is 20.3 Å². The third kappa shape index (κ3) is 3.58. The van der Waals surface area contributed by atoms with Gasteiger partial charge >= 0.3 is 0 Å². The monoisotopic (exact) mass is 254 g/mol. The number of anilines is 2. The SMILES string of the molecule is Cc1ccc(C)c(CC(=O)Nc2ccc(N)cc2)c1. The van der Waals surface area contributed by atoms with E-state index in [1.165, 1.54) is 5.56 Å². The molecule has 0 unspecified atom stereocenters. The van der Waals surface area contributed by atoms with E-state index in [4.69, 9.17) is 5.73 Å². The van der Waals surface area contributed by atoms with Gasteiger partial charge in [-0.2, -0.15) is 0 Å². The van der Waals surface area contributed by atoms with Crippen molar-refractivity contribution in [3.8, 4) is 0 Å². The first kappa shape index (κ1) is 13.1. The van der Waals surface area contributed by atoms with E-state index >= 15 is 0 Å². The molecule has 0 saturated carbocycles. The van der Waals surface area contributed by atoms with Crippen LogP contribution in [-0.4, -0.2) is 5.91 Å². The minimum Gasteiger partial charge on any atom is -0.399 e. The van der Waals surface area contributed by atoms with Gasteiger partial charge in [-0.15, -0.1) is 0 Å². The normalized spacial score (nSPS) is 10.2. The highest BCUT2D eigenvalue weighted by atomic mass is 16.1. The second kappa shape index (κ2) is 5.57. The summed E-state index contributed by atoms with van der Waals surface area (Å²) in [6.07, 6.45) is 0.387. The van der Waals surface area contributed by atoms with Gasteiger partial charge in [-0.1, -0.05) is 23.8 Å². The molecule has 0 atom stereocenters. The molecule has 0 heterocycles. The molecule has 3 nitrogen and oxygen atoms in total. The Labute approximate surface area is 113 Å². The minimum atomic E-state index is -0.0153. The molecule has 1 amide bonds. The fourth-order valence-corrected chi connectivity index (χ4v) is 1.94. The summed E-state index contributed by atoms with van der Waals surface area (Å²) >= 11 is 0. The fraction of sp³-hybridized carbons (Fsp3) is 0.188. The molecule has 98 valence electrons. The first-order valence-electron chi connectivity index (χ1n) is 6.26. The fourth-order valence-electron chi connectivity index (χ4n) is 1.94. The van der Waals surface area contributed by atoms with E-state index in [9.17, 15) is 4.79 Å². The van der Waals surface area contributed by atoms with Crippen LogP contribution >= 0.6 is 0 Å². The number of benzene rings is 2. The van der Waals surface area contributed by atoms with Crippen molar-refractivity contribution in [3.05, 3.63) is 59.2 Å². The van der Waals surface area contributed by atoms with Crippen molar-refractivity contribution in [3.63, 3.8) is 0 Å². The van der Waals surface area contributed by atoms with Crippen molar-refractivity contribution < 1.29 is 4.79 Å². The summed E-state index contributed by atoms with van der Waals surface area (Å²) in [7, 11) is 0. The van der Waals surface area contributed by atoms with Gasteiger partial charge in [0, 0.05) is 11.4 Å². The summed E-state index contributed by atoms with van der Waals surface area (Å²) in [5, 5.41) is 2.87. The molecule has 19 heavy (non-hydrogen) atoms. The topological polar surface area (TPSA) is 55.1 Å². The van der Waals surface area contributed by atoms with Gasteiger partial charge in [0.2, 0.25) is 5.91 Å². The van der Waals surface area contributed by atoms with Crippen molar-refractivity contribution in [2.24, 2.45) is 0 Å². The zero-order chi connectivity index (χ0) is 13.8. The van der Waals surface area contributed by atoms with E-state index in [-0.39, 0.29) is 5.91 Å². The Morgan fingerprint density at radius 1 is 1.11 bits per heavy atom. The number of hydrogen-bond acceptors (Lipinski definition) is 2. The van der Waals surface area contributed by atoms with Crippen LogP contribution in [0, 0.1) is 13.8 Å². The summed E-state index contributed by atoms with van der Waals surface area (Å²) in [6, 6.07) is 13.3. The Morgan fingerprint density at radius 2 is 1.79 bits per heavy atom. The van der Waals surface area contributed by atoms with E-state index in [0.717, 1.165) is 16.8 Å². The molecular weight excluding hydrogens is 236 g/mol. The Balaban J connectivity index is 2.05. The standard InChI is InChI=1S/C16H18N2O/c1-11-3-4-12(2)13(9-11)10-16(19)18-15-7-5-14(17)6-8-15/h3-9H,10,17H2,1-2H3,(H,18,19). The predicted octanol–water partition coefficient (Wildman–Crippen LogP) is 3.07. The van der Waals surface area contributed by atoms with E-state index in [1.54, 1.807) is 24.3 Å². The number of nitrogens with one attached hydrogen (secondary N) is 1. The number of nitrogens with two attached hydrogens (primary N) is 1. The largest absolute Gasteiger partial charge is 0.399 e. The molecule has 0 aromatic heterocycles. The highest BCUT2D eigenvalue weighted by molar-refractivity contribution is 5.92. The highest BCUT2D eigenvalue weighted by Crippen LogP contribution is 2.14. The van der Waals surface area contributed by atoms with Gasteiger partial charge in [0.15, 0.2) is 0 Å². The molecule has 0 bridgehead atoms. The first-order valence-corrected chi connectivity index (χ1v) is 6.26. The third-order valence-electron chi connectivity index (χ3n) is 3.05. The Kier molecular flexibility index (Phi) is 3.85. The smallest absolute Gasteiger partial charge is 0.228 e. The van der Waals surface area contributed by atoms with Crippen LogP contribution in [0.5, 0.6) is 0 Å². The van der Waals surface area contributed by atoms with Crippen LogP contribution < -0.4 is 11.1 Å². The maximum absolute atomic E-state index is 12.0. The third-order valence-corrected chi connectivity index (χ3v) is 3.05. The van der Waals surface area contributed by atoms with Crippen molar-refractivity contribution >= 4 is 17.3 Å². The minimum absolute atomic E-state index is 0.0153. The van der Waals surface area contributed by atoms with Gasteiger partial charge < -0.3 is 11.1 Å². The van der Waals surface area contributed by atoms with Gasteiger partial charge in [0.1, 0.15) is 0 Å². The van der Waals surface area contributed by atoms with Crippen LogP contribution in [0.2, 0.25) is 0 Å². The maximum atomic E-state index is 12.0. The van der Waals surface area contributed by atoms with Crippen LogP contribution in [-0.2, 0) is 11.2 Å². The average molecular weight is 254 g/mol. The van der Waals surface area contributed by atoms with E-state index in [2.05, 4.69) is 17.4 Å². The van der Waals surface area contributed by atoms with Crippen molar-refractivity contribution in [2.75, 3.05) is 11.1 Å². The summed E-state index contributed by atoms with van der Waals surface area (Å²) in [6.45, 7) is 4.05. The number of aryl methyl sites for hydroxylation is 2. The summed E-state index contributed by atoms with van der Waals surface area (Å²) in [5.74, 6) is -0.0153. The quantitative estimate of drug-likeness (QED) is 0.827. The van der Waals surface area contributed by atoms with E-state index in [1.807, 2.05) is 19.9 Å². The van der Waals surface area contributed by atoms with Gasteiger partial charge in [-0.05, 0) is 49.2 Å². The predicted molar refractivity (Wildman–Crippen MR) is 79.1 cm³/mol. The lowest BCUT2D eigenvalue weighted by atomic mass is 10.0. The lowest BCUT2D eigenvalue weighted by Gasteiger charge is -2.08. The second-order valence-corrected chi connectivity index (χ2v) is 4.78. The van der Waals surface area contributed by atoms with Gasteiger partial charge in [-0.3, -0.25) is 4.79 Å². The molecular formula is C16H18N2O. The van der Waals surface area contributed by atoms with E-state index in [0.29, 0.717) is 12.1 Å². The molecule has 3 N–H and O–H groups in total. The second-order valence-electron chi connectivity index (χ2n) is 4.78. The number of hydrogen-bond donors (Lipinski definition) is 2. The molecule has 0 aliphatic heterocycles. The van der Waals surface area contributed by atoms with Crippen LogP contribution in [0.3, 0.4) is 0 Å². The van der Waals surface area contributed by atoms with Crippen LogP contribution in [0.25, 0.3) is 0 Å². The van der Waals surface area contributed by atoms with Crippen LogP contribution in [0.1, 0.15) is 16.7 Å². The molecule has 2 aromatic carbocycles. The van der Waals surface area contributed by atoms with Gasteiger partial charge in [0.25, 0.3) is 0 Å². The summed E-state index contributed by atoms with van der Waals surface area (Å²) in [4.78, 5) is 12.0. The van der Waals surface area contributed by atoms with Crippen LogP contribution in [0.4, 0.5) is 11.4 Å². The lowest BCUT2D eigenvalue weighted by Crippen LogP contribution is -2.15. The van der Waals surface area contributed by atoms with Gasteiger partial charge in [-0.25, -0.2) is 0 Å². The first-order chi connectivity index (χ1) is 9.04. The maximum Gasteiger partial charge on any atom is 0.228 e. The summed E-state index contributed by atoms with van der Waals surface area (Å²) < 4.78 is 0. The van der Waals surface area contributed by atoms with Gasteiger partial charge in [0.05, 0.1) is 6.42 Å². The zero-order valence-electron chi connectivity index (χ0n) is 11.2. The molecule has 3 heteroatoms. The molecule has 0 saturated heterocycles. The molecule has 0 aliphatic carbocycles. The highest BCUT2D eigenvalue weighted by Gasteiger charge is 2.06. The molecule has 0 radical (unpaired) electrons. The summed E-state index contributed by atoms with van der Waals surface area (Å²) in [5.41, 5.74) is 10.4. The Bertz CT molecular complexity index is 588. The lowest BCUT2D eigenvalue weighted by molar-refractivity contribution is -0.115. The number of nitrogen functional groups attached to an aromatic ring is 1.